The first kappa shape index (κ1) is 12.9. The van der Waals surface area contributed by atoms with Gasteiger partial charge < -0.3 is 9.80 Å². The van der Waals surface area contributed by atoms with E-state index in [1.807, 2.05) is 0 Å². The van der Waals surface area contributed by atoms with E-state index in [0.29, 0.717) is 6.04 Å². The van der Waals surface area contributed by atoms with Gasteiger partial charge >= 0.3 is 0 Å². The summed E-state index contributed by atoms with van der Waals surface area (Å²) in [6.45, 7) is 2.35. The van der Waals surface area contributed by atoms with Crippen LogP contribution in [0.5, 0.6) is 0 Å². The molecule has 3 heteroatoms. The van der Waals surface area contributed by atoms with Crippen LogP contribution in [0, 0.1) is 0 Å². The maximum absolute atomic E-state index is 3.49. The molecular weight excluding hydrogens is 276 g/mol. The lowest BCUT2D eigenvalue weighted by molar-refractivity contribution is 0.258. The highest BCUT2D eigenvalue weighted by Crippen LogP contribution is 2.22. The van der Waals surface area contributed by atoms with Crippen molar-refractivity contribution in [3.8, 4) is 0 Å². The predicted molar refractivity (Wildman–Crippen MR) is 78.0 cm³/mol. The lowest BCUT2D eigenvalue weighted by Crippen LogP contribution is -2.45. The topological polar surface area (TPSA) is 6.48 Å². The smallest absolute Gasteiger partial charge is 0.0366 e. The molecule has 1 aromatic rings. The standard InChI is InChI=1S/C14H21BrN2/c1-16(2)14-4-3-9-17(11-14)13-7-5-12(10-15)6-8-13/h5-8,14H,3-4,9-11H2,1-2H3. The van der Waals surface area contributed by atoms with Gasteiger partial charge in [0.15, 0.2) is 0 Å². The van der Waals surface area contributed by atoms with E-state index >= 15 is 0 Å². The maximum atomic E-state index is 3.49. The number of anilines is 1. The Morgan fingerprint density at radius 2 is 2.00 bits per heavy atom. The third-order valence-electron chi connectivity index (χ3n) is 3.58. The Balaban J connectivity index is 2.05. The number of likely N-dealkylation sites (N-methyl/N-ethyl adjacent to an activating group) is 1. The summed E-state index contributed by atoms with van der Waals surface area (Å²) in [4.78, 5) is 4.85. The van der Waals surface area contributed by atoms with E-state index in [1.165, 1.54) is 30.6 Å². The van der Waals surface area contributed by atoms with E-state index in [9.17, 15) is 0 Å². The second kappa shape index (κ2) is 5.87. The fourth-order valence-electron chi connectivity index (χ4n) is 2.41. The minimum atomic E-state index is 0.694. The van der Waals surface area contributed by atoms with Gasteiger partial charge in [-0.05, 0) is 44.6 Å². The number of hydrogen-bond acceptors (Lipinski definition) is 2. The summed E-state index contributed by atoms with van der Waals surface area (Å²) >= 11 is 3.49. The minimum absolute atomic E-state index is 0.694. The largest absolute Gasteiger partial charge is 0.370 e. The first-order valence-corrected chi connectivity index (χ1v) is 7.39. The van der Waals surface area contributed by atoms with E-state index in [1.54, 1.807) is 0 Å². The Hall–Kier alpha value is -0.540. The van der Waals surface area contributed by atoms with Crippen LogP contribution in [0.3, 0.4) is 0 Å². The van der Waals surface area contributed by atoms with Crippen molar-refractivity contribution < 1.29 is 0 Å². The Labute approximate surface area is 113 Å². The molecule has 1 aliphatic heterocycles. The molecule has 0 aromatic heterocycles. The molecule has 2 nitrogen and oxygen atoms in total. The van der Waals surface area contributed by atoms with Crippen molar-refractivity contribution in [2.24, 2.45) is 0 Å². The van der Waals surface area contributed by atoms with Crippen LogP contribution in [0.4, 0.5) is 5.69 Å². The zero-order valence-electron chi connectivity index (χ0n) is 10.7. The molecule has 1 aromatic carbocycles. The first-order chi connectivity index (χ1) is 8.20. The molecule has 1 aliphatic rings. The molecule has 1 atom stereocenters. The van der Waals surface area contributed by atoms with Crippen LogP contribution in [-0.4, -0.2) is 38.1 Å². The molecule has 1 heterocycles. The van der Waals surface area contributed by atoms with Crippen molar-refractivity contribution in [3.05, 3.63) is 29.8 Å². The highest BCUT2D eigenvalue weighted by atomic mass is 79.9. The normalized spacial score (nSPS) is 20.9. The highest BCUT2D eigenvalue weighted by Gasteiger charge is 2.21. The summed E-state index contributed by atoms with van der Waals surface area (Å²) in [5.41, 5.74) is 2.70. The van der Waals surface area contributed by atoms with Crippen molar-refractivity contribution in [1.82, 2.24) is 4.90 Å². The summed E-state index contributed by atoms with van der Waals surface area (Å²) in [5.74, 6) is 0. The Kier molecular flexibility index (Phi) is 4.46. The molecule has 0 spiro atoms. The van der Waals surface area contributed by atoms with Gasteiger partial charge in [0.25, 0.3) is 0 Å². The van der Waals surface area contributed by atoms with Gasteiger partial charge in [-0.3, -0.25) is 0 Å². The molecular formula is C14H21BrN2. The Morgan fingerprint density at radius 1 is 1.29 bits per heavy atom. The van der Waals surface area contributed by atoms with Crippen LogP contribution in [0.1, 0.15) is 18.4 Å². The monoisotopic (exact) mass is 296 g/mol. The average molecular weight is 297 g/mol. The van der Waals surface area contributed by atoms with Gasteiger partial charge in [-0.25, -0.2) is 0 Å². The zero-order chi connectivity index (χ0) is 12.3. The molecule has 0 N–H and O–H groups in total. The highest BCUT2D eigenvalue weighted by molar-refractivity contribution is 9.08. The van der Waals surface area contributed by atoms with E-state index < -0.39 is 0 Å². The van der Waals surface area contributed by atoms with Crippen molar-refractivity contribution in [1.29, 1.82) is 0 Å². The SMILES string of the molecule is CN(C)C1CCCN(c2ccc(CBr)cc2)C1. The van der Waals surface area contributed by atoms with E-state index in [0.717, 1.165) is 11.9 Å². The Morgan fingerprint density at radius 3 is 2.59 bits per heavy atom. The number of nitrogens with zero attached hydrogens (tertiary/aromatic N) is 2. The summed E-state index contributed by atoms with van der Waals surface area (Å²) < 4.78 is 0. The third-order valence-corrected chi connectivity index (χ3v) is 4.23. The molecule has 2 rings (SSSR count). The van der Waals surface area contributed by atoms with Crippen molar-refractivity contribution in [3.63, 3.8) is 0 Å². The molecule has 17 heavy (non-hydrogen) atoms. The number of alkyl halides is 1. The van der Waals surface area contributed by atoms with Crippen LogP contribution < -0.4 is 4.90 Å². The Bertz CT molecular complexity index is 348. The van der Waals surface area contributed by atoms with E-state index in [2.05, 4.69) is 64.1 Å². The summed E-state index contributed by atoms with van der Waals surface area (Å²) in [6, 6.07) is 9.61. The lowest BCUT2D eigenvalue weighted by Gasteiger charge is -2.37. The van der Waals surface area contributed by atoms with E-state index in [4.69, 9.17) is 0 Å². The summed E-state index contributed by atoms with van der Waals surface area (Å²) in [6.07, 6.45) is 2.62. The maximum Gasteiger partial charge on any atom is 0.0366 e. The lowest BCUT2D eigenvalue weighted by atomic mass is 10.0. The molecule has 1 unspecified atom stereocenters. The van der Waals surface area contributed by atoms with Crippen LogP contribution >= 0.6 is 15.9 Å². The summed E-state index contributed by atoms with van der Waals surface area (Å²) in [5, 5.41) is 0.938. The van der Waals surface area contributed by atoms with Gasteiger partial charge in [0, 0.05) is 30.1 Å². The van der Waals surface area contributed by atoms with Crippen LogP contribution in [-0.2, 0) is 5.33 Å². The summed E-state index contributed by atoms with van der Waals surface area (Å²) in [7, 11) is 4.37. The molecule has 0 aliphatic carbocycles. The van der Waals surface area contributed by atoms with E-state index in [-0.39, 0.29) is 0 Å². The molecule has 1 saturated heterocycles. The predicted octanol–water partition coefficient (Wildman–Crippen LogP) is 3.11. The van der Waals surface area contributed by atoms with Gasteiger partial charge in [0.05, 0.1) is 0 Å². The molecule has 0 saturated carbocycles. The van der Waals surface area contributed by atoms with Crippen LogP contribution in [0.25, 0.3) is 0 Å². The van der Waals surface area contributed by atoms with Gasteiger partial charge in [0.2, 0.25) is 0 Å². The van der Waals surface area contributed by atoms with Crippen molar-refractivity contribution >= 4 is 21.6 Å². The van der Waals surface area contributed by atoms with Gasteiger partial charge in [0.1, 0.15) is 0 Å². The fourth-order valence-corrected chi connectivity index (χ4v) is 2.78. The first-order valence-electron chi connectivity index (χ1n) is 6.27. The molecule has 94 valence electrons. The number of rotatable bonds is 3. The second-order valence-corrected chi connectivity index (χ2v) is 5.57. The van der Waals surface area contributed by atoms with Gasteiger partial charge in [-0.1, -0.05) is 28.1 Å². The third kappa shape index (κ3) is 3.23. The number of halogens is 1. The average Bonchev–Trinajstić information content (AvgIpc) is 2.39. The second-order valence-electron chi connectivity index (χ2n) is 5.01. The quantitative estimate of drug-likeness (QED) is 0.791. The van der Waals surface area contributed by atoms with Crippen LogP contribution in [0.15, 0.2) is 24.3 Å². The molecule has 0 bridgehead atoms. The number of hydrogen-bond donors (Lipinski definition) is 0. The molecule has 1 fully saturated rings. The number of piperidine rings is 1. The zero-order valence-corrected chi connectivity index (χ0v) is 12.3. The molecule has 0 amide bonds. The van der Waals surface area contributed by atoms with Crippen molar-refractivity contribution in [2.45, 2.75) is 24.2 Å². The minimum Gasteiger partial charge on any atom is -0.370 e. The van der Waals surface area contributed by atoms with Gasteiger partial charge in [-0.15, -0.1) is 0 Å². The van der Waals surface area contributed by atoms with Crippen molar-refractivity contribution in [2.75, 3.05) is 32.1 Å². The van der Waals surface area contributed by atoms with Gasteiger partial charge in [-0.2, -0.15) is 0 Å². The number of benzene rings is 1. The fraction of sp³-hybridized carbons (Fsp3) is 0.571. The van der Waals surface area contributed by atoms with Crippen LogP contribution in [0.2, 0.25) is 0 Å². The molecule has 0 radical (unpaired) electrons.